The van der Waals surface area contributed by atoms with E-state index in [1.807, 2.05) is 30.3 Å². The maximum Gasteiger partial charge on any atom is 0.422 e. The largest absolute Gasteiger partial charge is 0.454 e. The van der Waals surface area contributed by atoms with E-state index in [2.05, 4.69) is 15.3 Å². The van der Waals surface area contributed by atoms with Gasteiger partial charge in [0, 0.05) is 17.1 Å². The van der Waals surface area contributed by atoms with Gasteiger partial charge in [0.05, 0.1) is 12.3 Å². The van der Waals surface area contributed by atoms with Crippen LogP contribution in [0.5, 0.6) is 6.01 Å². The fourth-order valence-corrected chi connectivity index (χ4v) is 4.30. The average molecular weight is 575 g/mol. The van der Waals surface area contributed by atoms with Crippen molar-refractivity contribution in [3.05, 3.63) is 82.5 Å². The Morgan fingerprint density at radius 3 is 2.42 bits per heavy atom. The lowest BCUT2D eigenvalue weighted by Crippen LogP contribution is -2.48. The molecule has 1 aliphatic rings. The van der Waals surface area contributed by atoms with Crippen LogP contribution < -0.4 is 20.8 Å². The Kier molecular flexibility index (Phi) is 8.58. The Hall–Kier alpha value is -4.19. The molecule has 0 saturated carbocycles. The molecule has 210 valence electrons. The number of alkyl halides is 3. The molecule has 2 heterocycles. The lowest BCUT2D eigenvalue weighted by Gasteiger charge is -2.22. The Bertz CT molecular complexity index is 1400. The number of halogens is 4. The van der Waals surface area contributed by atoms with Crippen LogP contribution in [-0.2, 0) is 4.79 Å². The van der Waals surface area contributed by atoms with Gasteiger partial charge in [0.15, 0.2) is 12.4 Å². The van der Waals surface area contributed by atoms with E-state index < -0.39 is 36.6 Å². The minimum atomic E-state index is -4.63. The van der Waals surface area contributed by atoms with Crippen LogP contribution in [0, 0.1) is 5.92 Å². The first-order valence-electron chi connectivity index (χ1n) is 12.3. The quantitative estimate of drug-likeness (QED) is 0.392. The Labute approximate surface area is 233 Å². The van der Waals surface area contributed by atoms with E-state index in [9.17, 15) is 22.8 Å². The second kappa shape index (κ2) is 11.9. The molecular formula is C27H26ClF3N6O3. The van der Waals surface area contributed by atoms with Crippen LogP contribution in [0.3, 0.4) is 0 Å². The number of aromatic nitrogens is 2. The maximum absolute atomic E-state index is 13.3. The second-order valence-corrected chi connectivity index (χ2v) is 9.87. The van der Waals surface area contributed by atoms with E-state index in [4.69, 9.17) is 27.2 Å². The van der Waals surface area contributed by atoms with Gasteiger partial charge in [-0.15, -0.1) is 0 Å². The molecule has 1 aromatic heterocycles. The van der Waals surface area contributed by atoms with Crippen LogP contribution in [0.2, 0.25) is 5.02 Å². The number of anilines is 1. The zero-order chi connectivity index (χ0) is 29.0. The maximum atomic E-state index is 13.3. The molecule has 2 aromatic carbocycles. The van der Waals surface area contributed by atoms with Gasteiger partial charge in [-0.25, -0.2) is 9.99 Å². The van der Waals surface area contributed by atoms with Gasteiger partial charge in [-0.1, -0.05) is 67.9 Å². The summed E-state index contributed by atoms with van der Waals surface area (Å²) in [6.07, 6.45) is -3.59. The molecule has 0 radical (unpaired) electrons. The highest BCUT2D eigenvalue weighted by molar-refractivity contribution is 6.30. The Morgan fingerprint density at radius 1 is 1.15 bits per heavy atom. The van der Waals surface area contributed by atoms with E-state index in [1.54, 1.807) is 38.1 Å². The van der Waals surface area contributed by atoms with Crippen molar-refractivity contribution in [2.24, 2.45) is 16.8 Å². The van der Waals surface area contributed by atoms with Crippen molar-refractivity contribution < 1.29 is 27.5 Å². The van der Waals surface area contributed by atoms with Gasteiger partial charge in [-0.2, -0.15) is 23.3 Å². The first kappa shape index (κ1) is 28.8. The monoisotopic (exact) mass is 574 g/mol. The number of nitrogens with two attached hydrogens (primary N) is 1. The van der Waals surface area contributed by atoms with Crippen molar-refractivity contribution in [3.8, 4) is 6.01 Å². The molecule has 3 aromatic rings. The summed E-state index contributed by atoms with van der Waals surface area (Å²) < 4.78 is 43.2. The van der Waals surface area contributed by atoms with E-state index in [1.165, 1.54) is 5.01 Å². The number of ether oxygens (including phenoxy) is 1. The molecule has 2 atom stereocenters. The lowest BCUT2D eigenvalue weighted by molar-refractivity contribution is -0.154. The van der Waals surface area contributed by atoms with Crippen LogP contribution in [0.4, 0.5) is 19.0 Å². The molecule has 40 heavy (non-hydrogen) atoms. The van der Waals surface area contributed by atoms with Crippen molar-refractivity contribution in [3.63, 3.8) is 0 Å². The number of hydrogen-bond donors (Lipinski definition) is 2. The number of carbonyl (C=O) groups excluding carboxylic acids is 2. The highest BCUT2D eigenvalue weighted by Crippen LogP contribution is 2.33. The third-order valence-electron chi connectivity index (χ3n) is 6.12. The van der Waals surface area contributed by atoms with Crippen LogP contribution >= 0.6 is 11.6 Å². The molecule has 9 nitrogen and oxygen atoms in total. The summed E-state index contributed by atoms with van der Waals surface area (Å²) in [5.41, 5.74) is 7.62. The van der Waals surface area contributed by atoms with E-state index in [0.29, 0.717) is 10.7 Å². The predicted octanol–water partition coefficient (Wildman–Crippen LogP) is 4.32. The molecule has 1 unspecified atom stereocenters. The lowest BCUT2D eigenvalue weighted by atomic mass is 9.90. The van der Waals surface area contributed by atoms with Crippen LogP contribution in [0.1, 0.15) is 41.3 Å². The van der Waals surface area contributed by atoms with Crippen LogP contribution in [0.25, 0.3) is 0 Å². The average Bonchev–Trinajstić information content (AvgIpc) is 3.36. The van der Waals surface area contributed by atoms with Crippen molar-refractivity contribution in [2.75, 3.05) is 18.2 Å². The number of amides is 2. The fourth-order valence-electron chi connectivity index (χ4n) is 4.18. The Balaban J connectivity index is 1.78. The summed E-state index contributed by atoms with van der Waals surface area (Å²) >= 11 is 6.08. The molecule has 0 bridgehead atoms. The fraction of sp³-hybridized carbons (Fsp3) is 0.296. The normalized spacial score (nSPS) is 16.0. The molecule has 0 spiro atoms. The first-order valence-corrected chi connectivity index (χ1v) is 12.6. The highest BCUT2D eigenvalue weighted by atomic mass is 35.5. The number of primary amides is 1. The molecule has 0 fully saturated rings. The van der Waals surface area contributed by atoms with Gasteiger partial charge in [-0.05, 0) is 29.2 Å². The number of hydrogen-bond acceptors (Lipinski definition) is 7. The number of benzene rings is 2. The number of carbonyl (C=O) groups is 2. The minimum absolute atomic E-state index is 0.0958. The van der Waals surface area contributed by atoms with E-state index in [-0.39, 0.29) is 29.8 Å². The molecule has 0 saturated heterocycles. The summed E-state index contributed by atoms with van der Waals surface area (Å²) in [4.78, 5) is 33.1. The Morgan fingerprint density at radius 2 is 1.82 bits per heavy atom. The highest BCUT2D eigenvalue weighted by Gasteiger charge is 2.35. The number of nitrogens with one attached hydrogen (secondary N) is 1. The van der Waals surface area contributed by atoms with Crippen molar-refractivity contribution in [1.82, 2.24) is 15.3 Å². The van der Waals surface area contributed by atoms with Gasteiger partial charge >= 0.3 is 12.2 Å². The van der Waals surface area contributed by atoms with Crippen molar-refractivity contribution in [1.29, 1.82) is 0 Å². The predicted molar refractivity (Wildman–Crippen MR) is 143 cm³/mol. The molecule has 2 amide bonds. The van der Waals surface area contributed by atoms with Gasteiger partial charge in [-0.3, -0.25) is 9.59 Å². The topological polar surface area (TPSA) is 123 Å². The van der Waals surface area contributed by atoms with Crippen molar-refractivity contribution in [2.45, 2.75) is 32.0 Å². The summed E-state index contributed by atoms with van der Waals surface area (Å²) in [5, 5.41) is 9.23. The van der Waals surface area contributed by atoms with Gasteiger partial charge in [0.2, 0.25) is 5.91 Å². The zero-order valence-electron chi connectivity index (χ0n) is 21.5. The molecule has 13 heteroatoms. The number of hydrazone groups is 1. The number of rotatable bonds is 9. The third kappa shape index (κ3) is 6.87. The van der Waals surface area contributed by atoms with Gasteiger partial charge in [0.1, 0.15) is 11.6 Å². The SMILES string of the molecule is CC(C)[C@H](NC(=O)c1cnc(OCC(F)(F)F)nc1N1CC(c2ccccc2)C(c2ccc(Cl)cc2)=N1)C(N)=O. The first-order chi connectivity index (χ1) is 18.9. The van der Waals surface area contributed by atoms with Crippen molar-refractivity contribution >= 4 is 34.9 Å². The second-order valence-electron chi connectivity index (χ2n) is 9.43. The minimum Gasteiger partial charge on any atom is -0.454 e. The van der Waals surface area contributed by atoms with Crippen LogP contribution in [0.15, 0.2) is 65.9 Å². The standard InChI is InChI=1S/C27H26ClF3N6O3/c1-15(2)21(23(32)38)34-25(39)19-12-33-26(40-14-27(29,30)31)35-24(19)37-13-20(16-6-4-3-5-7-16)22(36-37)17-8-10-18(28)11-9-17/h3-12,15,20-21H,13-14H2,1-2H3,(H2,32,38)(H,34,39)/t20?,21-/m0/s1. The zero-order valence-corrected chi connectivity index (χ0v) is 22.3. The molecular weight excluding hydrogens is 549 g/mol. The summed E-state index contributed by atoms with van der Waals surface area (Å²) in [7, 11) is 0. The number of nitrogens with zero attached hydrogens (tertiary/aromatic N) is 4. The smallest absolute Gasteiger partial charge is 0.422 e. The molecule has 1 aliphatic heterocycles. The molecule has 0 aliphatic carbocycles. The summed E-state index contributed by atoms with van der Waals surface area (Å²) in [6, 6.07) is 14.9. The molecule has 4 rings (SSSR count). The van der Waals surface area contributed by atoms with E-state index in [0.717, 1.165) is 17.3 Å². The van der Waals surface area contributed by atoms with Crippen LogP contribution in [-0.4, -0.2) is 52.9 Å². The van der Waals surface area contributed by atoms with Gasteiger partial charge in [0.25, 0.3) is 5.91 Å². The summed E-state index contributed by atoms with van der Waals surface area (Å²) in [5.74, 6) is -2.21. The summed E-state index contributed by atoms with van der Waals surface area (Å²) in [6.45, 7) is 1.98. The van der Waals surface area contributed by atoms with E-state index >= 15 is 0 Å². The third-order valence-corrected chi connectivity index (χ3v) is 6.37. The van der Waals surface area contributed by atoms with Gasteiger partial charge < -0.3 is 15.8 Å². The molecule has 3 N–H and O–H groups in total.